The van der Waals surface area contributed by atoms with Crippen molar-refractivity contribution in [3.8, 4) is 16.9 Å². The smallest absolute Gasteiger partial charge is 0.141 e. The Kier molecular flexibility index (Phi) is 3.60. The molecule has 0 bridgehead atoms. The third-order valence-electron chi connectivity index (χ3n) is 3.76. The molecule has 1 unspecified atom stereocenters. The molecular formula is C16H15N5O3. The number of ether oxygens (including phenoxy) is 1. The van der Waals surface area contributed by atoms with Crippen LogP contribution >= 0.6 is 0 Å². The molecule has 122 valence electrons. The lowest BCUT2D eigenvalue weighted by atomic mass is 10.1. The van der Waals surface area contributed by atoms with Crippen LogP contribution < -0.4 is 4.74 Å². The number of pyridine rings is 1. The highest BCUT2D eigenvalue weighted by Gasteiger charge is 2.13. The van der Waals surface area contributed by atoms with Crippen molar-refractivity contribution >= 4 is 16.6 Å². The molecule has 8 nitrogen and oxygen atoms in total. The van der Waals surface area contributed by atoms with Crippen molar-refractivity contribution < 1.29 is 14.9 Å². The summed E-state index contributed by atoms with van der Waals surface area (Å²) in [5.41, 5.74) is 3.48. The average Bonchev–Trinajstić information content (AvgIpc) is 3.25. The van der Waals surface area contributed by atoms with Crippen LogP contribution in [0.1, 0.15) is 0 Å². The van der Waals surface area contributed by atoms with Gasteiger partial charge in [0.15, 0.2) is 0 Å². The molecule has 0 aliphatic heterocycles. The molecule has 0 aromatic carbocycles. The van der Waals surface area contributed by atoms with Gasteiger partial charge in [-0.25, -0.2) is 4.98 Å². The molecule has 0 saturated carbocycles. The van der Waals surface area contributed by atoms with Gasteiger partial charge in [-0.2, -0.15) is 14.8 Å². The van der Waals surface area contributed by atoms with Gasteiger partial charge in [-0.3, -0.25) is 0 Å². The van der Waals surface area contributed by atoms with Crippen molar-refractivity contribution in [1.82, 2.24) is 24.8 Å². The van der Waals surface area contributed by atoms with E-state index < -0.39 is 6.10 Å². The van der Waals surface area contributed by atoms with E-state index >= 15 is 0 Å². The van der Waals surface area contributed by atoms with E-state index in [-0.39, 0.29) is 13.2 Å². The molecule has 0 spiro atoms. The summed E-state index contributed by atoms with van der Waals surface area (Å²) in [6, 6.07) is 5.70. The Balaban J connectivity index is 1.77. The molecule has 0 radical (unpaired) electrons. The molecule has 4 rings (SSSR count). The minimum absolute atomic E-state index is 0.00482. The van der Waals surface area contributed by atoms with E-state index in [1.165, 1.54) is 10.8 Å². The van der Waals surface area contributed by atoms with Gasteiger partial charge in [-0.05, 0) is 17.7 Å². The largest absolute Gasteiger partial charge is 0.489 e. The van der Waals surface area contributed by atoms with E-state index in [9.17, 15) is 5.11 Å². The van der Waals surface area contributed by atoms with Crippen LogP contribution in [0.15, 0.2) is 43.0 Å². The van der Waals surface area contributed by atoms with Gasteiger partial charge in [0.25, 0.3) is 0 Å². The fourth-order valence-electron chi connectivity index (χ4n) is 2.59. The van der Waals surface area contributed by atoms with Crippen LogP contribution in [0.2, 0.25) is 0 Å². The fourth-order valence-corrected chi connectivity index (χ4v) is 2.59. The van der Waals surface area contributed by atoms with Crippen molar-refractivity contribution in [2.24, 2.45) is 0 Å². The quantitative estimate of drug-likeness (QED) is 0.505. The number of hydrogen-bond donors (Lipinski definition) is 3. The van der Waals surface area contributed by atoms with Gasteiger partial charge < -0.3 is 19.9 Å². The second kappa shape index (κ2) is 5.91. The molecule has 8 heteroatoms. The molecular weight excluding hydrogens is 310 g/mol. The van der Waals surface area contributed by atoms with Crippen molar-refractivity contribution in [2.75, 3.05) is 13.2 Å². The van der Waals surface area contributed by atoms with Crippen molar-refractivity contribution in [3.05, 3.63) is 43.0 Å². The van der Waals surface area contributed by atoms with Gasteiger partial charge in [-0.1, -0.05) is 0 Å². The molecule has 0 amide bonds. The Morgan fingerprint density at radius 1 is 1.21 bits per heavy atom. The normalized spacial score (nSPS) is 12.8. The van der Waals surface area contributed by atoms with Crippen LogP contribution in [0.5, 0.6) is 5.75 Å². The number of aliphatic hydroxyl groups is 2. The number of H-pyrrole nitrogens is 1. The molecule has 0 fully saturated rings. The molecule has 4 heterocycles. The predicted molar refractivity (Wildman–Crippen MR) is 86.7 cm³/mol. The minimum atomic E-state index is -0.926. The molecule has 0 aliphatic rings. The Bertz CT molecular complexity index is 994. The summed E-state index contributed by atoms with van der Waals surface area (Å²) in [4.78, 5) is 7.38. The van der Waals surface area contributed by atoms with Crippen LogP contribution in [-0.4, -0.2) is 54.3 Å². The average molecular weight is 325 g/mol. The second-order valence-electron chi connectivity index (χ2n) is 5.37. The van der Waals surface area contributed by atoms with Crippen molar-refractivity contribution in [1.29, 1.82) is 0 Å². The van der Waals surface area contributed by atoms with Crippen LogP contribution in [-0.2, 0) is 0 Å². The van der Waals surface area contributed by atoms with Crippen molar-refractivity contribution in [2.45, 2.75) is 6.10 Å². The van der Waals surface area contributed by atoms with Gasteiger partial charge in [0.1, 0.15) is 24.1 Å². The number of rotatable bonds is 5. The van der Waals surface area contributed by atoms with Gasteiger partial charge in [0.2, 0.25) is 0 Å². The summed E-state index contributed by atoms with van der Waals surface area (Å²) in [5, 5.41) is 27.7. The Hall–Kier alpha value is -2.97. The minimum Gasteiger partial charge on any atom is -0.489 e. The lowest BCUT2D eigenvalue weighted by molar-refractivity contribution is 0.0534. The molecule has 0 aliphatic carbocycles. The molecule has 24 heavy (non-hydrogen) atoms. The maximum absolute atomic E-state index is 9.40. The Morgan fingerprint density at radius 2 is 2.08 bits per heavy atom. The topological polar surface area (TPSA) is 109 Å². The molecule has 4 aromatic heterocycles. The number of aromatic amines is 1. The lowest BCUT2D eigenvalue weighted by Gasteiger charge is -2.09. The number of hydrogen-bond acceptors (Lipinski definition) is 6. The van der Waals surface area contributed by atoms with Gasteiger partial charge in [0.05, 0.1) is 24.5 Å². The van der Waals surface area contributed by atoms with E-state index in [2.05, 4.69) is 20.2 Å². The van der Waals surface area contributed by atoms with E-state index in [4.69, 9.17) is 9.84 Å². The first kappa shape index (κ1) is 14.6. The van der Waals surface area contributed by atoms with Crippen LogP contribution in [0, 0.1) is 0 Å². The highest BCUT2D eigenvalue weighted by Crippen LogP contribution is 2.31. The standard InChI is InChI=1S/C16H15N5O3/c22-8-10(23)9-24-11-5-15-14(7-20-21(15)19-6-11)12-1-3-17-16-13(12)2-4-18-16/h1-7,10,22-23H,8-9H2,(H,17,18). The molecule has 0 saturated heterocycles. The summed E-state index contributed by atoms with van der Waals surface area (Å²) in [7, 11) is 0. The number of aliphatic hydroxyl groups excluding tert-OH is 2. The summed E-state index contributed by atoms with van der Waals surface area (Å²) >= 11 is 0. The van der Waals surface area contributed by atoms with E-state index in [1.807, 2.05) is 18.3 Å². The number of fused-ring (bicyclic) bond motifs is 2. The van der Waals surface area contributed by atoms with Crippen LogP contribution in [0.4, 0.5) is 0 Å². The first-order valence-electron chi connectivity index (χ1n) is 7.44. The Labute approximate surface area is 136 Å². The van der Waals surface area contributed by atoms with Gasteiger partial charge in [0, 0.05) is 29.4 Å². The number of aromatic nitrogens is 5. The zero-order valence-corrected chi connectivity index (χ0v) is 12.6. The second-order valence-corrected chi connectivity index (χ2v) is 5.37. The summed E-state index contributed by atoms with van der Waals surface area (Å²) in [6.07, 6.45) is 5.92. The van der Waals surface area contributed by atoms with Crippen LogP contribution in [0.3, 0.4) is 0 Å². The lowest BCUT2D eigenvalue weighted by Crippen LogP contribution is -2.21. The molecule has 1 atom stereocenters. The van der Waals surface area contributed by atoms with E-state index in [0.29, 0.717) is 5.75 Å². The van der Waals surface area contributed by atoms with Crippen LogP contribution in [0.25, 0.3) is 27.7 Å². The molecule has 4 aromatic rings. The zero-order chi connectivity index (χ0) is 16.5. The van der Waals surface area contributed by atoms with E-state index in [0.717, 1.165) is 27.7 Å². The maximum atomic E-state index is 9.40. The molecule has 3 N–H and O–H groups in total. The Morgan fingerprint density at radius 3 is 2.96 bits per heavy atom. The third kappa shape index (κ3) is 2.47. The first-order valence-corrected chi connectivity index (χ1v) is 7.44. The summed E-state index contributed by atoms with van der Waals surface area (Å²) in [6.45, 7) is -0.356. The maximum Gasteiger partial charge on any atom is 0.141 e. The summed E-state index contributed by atoms with van der Waals surface area (Å²) < 4.78 is 6.98. The third-order valence-corrected chi connectivity index (χ3v) is 3.76. The fraction of sp³-hybridized carbons (Fsp3) is 0.188. The van der Waals surface area contributed by atoms with E-state index in [1.54, 1.807) is 18.5 Å². The SMILES string of the molecule is OCC(O)COc1cnn2ncc(-c3ccnc4[nH]ccc34)c2c1. The van der Waals surface area contributed by atoms with Crippen molar-refractivity contribution in [3.63, 3.8) is 0 Å². The highest BCUT2D eigenvalue weighted by atomic mass is 16.5. The monoisotopic (exact) mass is 325 g/mol. The van der Waals surface area contributed by atoms with Gasteiger partial charge >= 0.3 is 0 Å². The first-order chi connectivity index (χ1) is 11.8. The zero-order valence-electron chi connectivity index (χ0n) is 12.6. The number of nitrogens with one attached hydrogen (secondary N) is 1. The summed E-state index contributed by atoms with van der Waals surface area (Å²) in [5.74, 6) is 0.496. The van der Waals surface area contributed by atoms with Gasteiger partial charge in [-0.15, -0.1) is 0 Å². The number of nitrogens with zero attached hydrogens (tertiary/aromatic N) is 4. The predicted octanol–water partition coefficient (Wildman–Crippen LogP) is 1.00. The highest BCUT2D eigenvalue weighted by molar-refractivity contribution is 5.97.